The van der Waals surface area contributed by atoms with Crippen LogP contribution in [0.15, 0.2) is 11.8 Å². The van der Waals surface area contributed by atoms with Crippen molar-refractivity contribution >= 4 is 11.6 Å². The molecule has 0 aromatic carbocycles. The monoisotopic (exact) mass is 334 g/mol. The Morgan fingerprint density at radius 1 is 1.21 bits per heavy atom. The first-order valence-electron chi connectivity index (χ1n) is 9.23. The molecule has 3 rings (SSSR count). The van der Waals surface area contributed by atoms with Gasteiger partial charge in [-0.05, 0) is 55.8 Å². The highest BCUT2D eigenvalue weighted by Gasteiger charge is 2.60. The molecule has 0 amide bonds. The third-order valence-electron chi connectivity index (χ3n) is 7.94. The number of aliphatic hydroxyl groups is 2. The molecule has 0 unspecified atom stereocenters. The number of aliphatic hydroxyl groups excluding tert-OH is 2. The Kier molecular flexibility index (Phi) is 4.18. The summed E-state index contributed by atoms with van der Waals surface area (Å²) in [6.45, 7) is 6.10. The van der Waals surface area contributed by atoms with Crippen LogP contribution in [0.1, 0.15) is 65.7 Å². The lowest BCUT2D eigenvalue weighted by Gasteiger charge is -2.62. The molecule has 3 saturated carbocycles. The van der Waals surface area contributed by atoms with Crippen LogP contribution < -0.4 is 0 Å². The molecule has 0 heterocycles. The van der Waals surface area contributed by atoms with E-state index >= 15 is 0 Å². The minimum atomic E-state index is -0.410. The van der Waals surface area contributed by atoms with Crippen molar-refractivity contribution in [2.75, 3.05) is 6.61 Å². The maximum Gasteiger partial charge on any atom is 0.164 e. The van der Waals surface area contributed by atoms with Crippen LogP contribution in [-0.2, 0) is 9.59 Å². The summed E-state index contributed by atoms with van der Waals surface area (Å²) in [7, 11) is 0. The Hall–Kier alpha value is -1.16. The number of Topliss-reactive ketones (excluding diaryl/α,β-unsaturated/α-hetero) is 2. The number of hydrogen-bond acceptors (Lipinski definition) is 4. The van der Waals surface area contributed by atoms with Crippen LogP contribution in [0.2, 0.25) is 0 Å². The number of rotatable bonds is 2. The fraction of sp³-hybridized carbons (Fsp3) is 0.800. The molecule has 0 aliphatic heterocycles. The van der Waals surface area contributed by atoms with E-state index in [0.717, 1.165) is 44.8 Å². The van der Waals surface area contributed by atoms with Gasteiger partial charge in [-0.3, -0.25) is 9.59 Å². The molecule has 0 aromatic heterocycles. The lowest BCUT2D eigenvalue weighted by Crippen LogP contribution is -2.56. The summed E-state index contributed by atoms with van der Waals surface area (Å²) in [5, 5.41) is 19.0. The van der Waals surface area contributed by atoms with Crippen LogP contribution in [0.3, 0.4) is 0 Å². The van der Waals surface area contributed by atoms with Crippen molar-refractivity contribution in [3.8, 4) is 0 Å². The number of ketones is 2. The Labute approximate surface area is 144 Å². The molecule has 0 aromatic rings. The summed E-state index contributed by atoms with van der Waals surface area (Å²) in [5.41, 5.74) is 0.0480. The standard InChI is InChI=1S/C20H30O4/c1-18(17(24)12-22)8-9-19(2)13(10-18)6-7-20(3)14(11-21)15(23)4-5-16(19)20/h11,13,16,21-22H,4-10,12H2,1-3H3/t13-,16+,18-,19-,20+/m0/s1. The van der Waals surface area contributed by atoms with Gasteiger partial charge < -0.3 is 10.2 Å². The lowest BCUT2D eigenvalue weighted by atomic mass is 9.42. The maximum absolute atomic E-state index is 12.3. The quantitative estimate of drug-likeness (QED) is 0.598. The summed E-state index contributed by atoms with van der Waals surface area (Å²) >= 11 is 0. The first kappa shape index (κ1) is 17.7. The minimum Gasteiger partial charge on any atom is -0.515 e. The molecule has 4 nitrogen and oxygen atoms in total. The van der Waals surface area contributed by atoms with Crippen LogP contribution in [0.25, 0.3) is 0 Å². The molecule has 3 aliphatic carbocycles. The normalized spacial score (nSPS) is 47.2. The first-order valence-corrected chi connectivity index (χ1v) is 9.23. The van der Waals surface area contributed by atoms with Gasteiger partial charge in [0.05, 0.1) is 6.26 Å². The van der Waals surface area contributed by atoms with Gasteiger partial charge in [0, 0.05) is 22.8 Å². The largest absolute Gasteiger partial charge is 0.515 e. The molecule has 0 bridgehead atoms. The average Bonchev–Trinajstić information content (AvgIpc) is 2.55. The highest BCUT2D eigenvalue weighted by atomic mass is 16.3. The van der Waals surface area contributed by atoms with Gasteiger partial charge in [0.15, 0.2) is 11.6 Å². The molecule has 0 spiro atoms. The van der Waals surface area contributed by atoms with Gasteiger partial charge in [0.2, 0.25) is 0 Å². The fourth-order valence-electron chi connectivity index (χ4n) is 6.26. The summed E-state index contributed by atoms with van der Waals surface area (Å²) in [5.74, 6) is 0.869. The molecular weight excluding hydrogens is 304 g/mol. The fourth-order valence-corrected chi connectivity index (χ4v) is 6.26. The second-order valence-corrected chi connectivity index (χ2v) is 9.06. The Morgan fingerprint density at radius 2 is 1.92 bits per heavy atom. The molecular formula is C20H30O4. The van der Waals surface area contributed by atoms with E-state index in [2.05, 4.69) is 13.8 Å². The average molecular weight is 334 g/mol. The number of allylic oxidation sites excluding steroid dienone is 1. The van der Waals surface area contributed by atoms with Gasteiger partial charge in [0.25, 0.3) is 0 Å². The molecule has 3 fully saturated rings. The maximum atomic E-state index is 12.3. The number of carbonyl (C=O) groups excluding carboxylic acids is 2. The smallest absolute Gasteiger partial charge is 0.164 e. The van der Waals surface area contributed by atoms with E-state index in [-0.39, 0.29) is 29.0 Å². The second kappa shape index (κ2) is 5.69. The van der Waals surface area contributed by atoms with E-state index in [0.29, 0.717) is 23.8 Å². The number of fused-ring (bicyclic) bond motifs is 3. The van der Waals surface area contributed by atoms with Gasteiger partial charge >= 0.3 is 0 Å². The van der Waals surface area contributed by atoms with E-state index in [4.69, 9.17) is 0 Å². The van der Waals surface area contributed by atoms with Crippen LogP contribution in [-0.4, -0.2) is 28.4 Å². The molecule has 5 atom stereocenters. The van der Waals surface area contributed by atoms with E-state index in [1.165, 1.54) is 0 Å². The first-order chi connectivity index (χ1) is 11.2. The number of hydrogen-bond donors (Lipinski definition) is 2. The van der Waals surface area contributed by atoms with Crippen molar-refractivity contribution < 1.29 is 19.8 Å². The summed E-state index contributed by atoms with van der Waals surface area (Å²) in [6.07, 6.45) is 6.90. The Morgan fingerprint density at radius 3 is 2.54 bits per heavy atom. The highest BCUT2D eigenvalue weighted by Crippen LogP contribution is 2.66. The molecule has 0 saturated heterocycles. The Bertz CT molecular complexity index is 594. The van der Waals surface area contributed by atoms with Crippen molar-refractivity contribution in [2.45, 2.75) is 65.7 Å². The van der Waals surface area contributed by atoms with Crippen LogP contribution >= 0.6 is 0 Å². The molecule has 4 heteroatoms. The molecule has 3 aliphatic rings. The zero-order valence-corrected chi connectivity index (χ0v) is 15.1. The van der Waals surface area contributed by atoms with E-state index in [1.807, 2.05) is 6.92 Å². The van der Waals surface area contributed by atoms with Crippen molar-refractivity contribution in [3.05, 3.63) is 11.8 Å². The third kappa shape index (κ3) is 2.29. The third-order valence-corrected chi connectivity index (χ3v) is 7.94. The van der Waals surface area contributed by atoms with Crippen molar-refractivity contribution in [3.63, 3.8) is 0 Å². The van der Waals surface area contributed by atoms with E-state index < -0.39 is 5.41 Å². The summed E-state index contributed by atoms with van der Waals surface area (Å²) < 4.78 is 0. The van der Waals surface area contributed by atoms with Crippen molar-refractivity contribution in [1.82, 2.24) is 0 Å². The molecule has 0 radical (unpaired) electrons. The number of carbonyl (C=O) groups is 2. The molecule has 24 heavy (non-hydrogen) atoms. The van der Waals surface area contributed by atoms with Crippen molar-refractivity contribution in [1.29, 1.82) is 0 Å². The predicted octanol–water partition coefficient (Wildman–Crippen LogP) is 3.58. The van der Waals surface area contributed by atoms with Crippen LogP contribution in [0, 0.1) is 28.1 Å². The van der Waals surface area contributed by atoms with Gasteiger partial charge in [-0.2, -0.15) is 0 Å². The van der Waals surface area contributed by atoms with Gasteiger partial charge in [0.1, 0.15) is 6.61 Å². The topological polar surface area (TPSA) is 74.6 Å². The van der Waals surface area contributed by atoms with Gasteiger partial charge in [-0.15, -0.1) is 0 Å². The Balaban J connectivity index is 1.93. The highest BCUT2D eigenvalue weighted by molar-refractivity contribution is 5.97. The minimum absolute atomic E-state index is 0.0346. The molecule has 2 N–H and O–H groups in total. The zero-order valence-electron chi connectivity index (χ0n) is 15.1. The van der Waals surface area contributed by atoms with Gasteiger partial charge in [-0.25, -0.2) is 0 Å². The second-order valence-electron chi connectivity index (χ2n) is 9.06. The van der Waals surface area contributed by atoms with E-state index in [9.17, 15) is 19.8 Å². The lowest BCUT2D eigenvalue weighted by molar-refractivity contribution is -0.147. The van der Waals surface area contributed by atoms with Crippen LogP contribution in [0.5, 0.6) is 0 Å². The van der Waals surface area contributed by atoms with Crippen LogP contribution in [0.4, 0.5) is 0 Å². The summed E-state index contributed by atoms with van der Waals surface area (Å²) in [6, 6.07) is 0. The SMILES string of the molecule is C[C@]1(C(=O)CO)CC[C@@]2(C)[C@@H](CC[C@]3(C)C(=CO)C(=O)CC[C@H]23)C1. The van der Waals surface area contributed by atoms with E-state index in [1.54, 1.807) is 0 Å². The van der Waals surface area contributed by atoms with Crippen molar-refractivity contribution in [2.24, 2.45) is 28.1 Å². The predicted molar refractivity (Wildman–Crippen MR) is 91.4 cm³/mol. The molecule has 134 valence electrons. The van der Waals surface area contributed by atoms with Gasteiger partial charge in [-0.1, -0.05) is 20.8 Å². The zero-order chi connectivity index (χ0) is 17.8. The summed E-state index contributed by atoms with van der Waals surface area (Å²) in [4.78, 5) is 24.5.